The maximum atomic E-state index is 4.45. The van der Waals surface area contributed by atoms with E-state index in [0.717, 1.165) is 23.7 Å². The first-order valence-corrected chi connectivity index (χ1v) is 10.6. The number of fused-ring (bicyclic) bond motifs is 4. The first kappa shape index (κ1) is 16.9. The SMILES string of the molecule is C=C1CCC2(C)C(C1)CC1(CC1)C1C(CC)C(C)(C(=C)C)CCC12. The average Bonchev–Trinajstić information content (AvgIpc) is 3.30. The second-order valence-corrected chi connectivity index (χ2v) is 10.6. The largest absolute Gasteiger partial charge is 0.0999 e. The van der Waals surface area contributed by atoms with Crippen molar-refractivity contribution in [1.82, 2.24) is 0 Å². The standard InChI is InChI=1S/C24H38/c1-7-19-21-20(9-11-22(19,5)16(2)3)23(6)10-8-17(4)14-18(23)15-24(21)12-13-24/h18-21H,2,4,7-15H2,1,3,5-6H3. The predicted octanol–water partition coefficient (Wildman–Crippen LogP) is 7.17. The number of hydrogen-bond acceptors (Lipinski definition) is 0. The zero-order valence-electron chi connectivity index (χ0n) is 16.6. The first-order valence-electron chi connectivity index (χ1n) is 10.6. The molecule has 0 aromatic heterocycles. The highest BCUT2D eigenvalue weighted by atomic mass is 14.7. The molecule has 6 atom stereocenters. The molecular formula is C24H38. The Hall–Kier alpha value is -0.520. The molecule has 0 nitrogen and oxygen atoms in total. The van der Waals surface area contributed by atoms with Crippen molar-refractivity contribution in [2.75, 3.05) is 0 Å². The third-order valence-corrected chi connectivity index (χ3v) is 9.66. The minimum atomic E-state index is 0.382. The van der Waals surface area contributed by atoms with Gasteiger partial charge in [0.25, 0.3) is 0 Å². The Bertz CT molecular complexity index is 565. The Balaban J connectivity index is 1.75. The molecule has 0 heteroatoms. The molecule has 4 aliphatic rings. The summed E-state index contributed by atoms with van der Waals surface area (Å²) in [7, 11) is 0. The quantitative estimate of drug-likeness (QED) is 0.472. The van der Waals surface area contributed by atoms with E-state index in [1.165, 1.54) is 63.4 Å². The Morgan fingerprint density at radius 1 is 1.17 bits per heavy atom. The topological polar surface area (TPSA) is 0 Å². The monoisotopic (exact) mass is 326 g/mol. The van der Waals surface area contributed by atoms with Crippen LogP contribution in [-0.2, 0) is 0 Å². The molecule has 0 aromatic rings. The molecule has 1 spiro atoms. The van der Waals surface area contributed by atoms with Crippen LogP contribution in [0.2, 0.25) is 0 Å². The van der Waals surface area contributed by atoms with Crippen LogP contribution in [-0.4, -0.2) is 0 Å². The lowest BCUT2D eigenvalue weighted by molar-refractivity contribution is -0.137. The van der Waals surface area contributed by atoms with Gasteiger partial charge in [-0.3, -0.25) is 0 Å². The molecule has 4 saturated carbocycles. The van der Waals surface area contributed by atoms with Gasteiger partial charge in [0.05, 0.1) is 0 Å². The van der Waals surface area contributed by atoms with Crippen molar-refractivity contribution in [3.8, 4) is 0 Å². The Labute approximate surface area is 150 Å². The number of hydrogen-bond donors (Lipinski definition) is 0. The molecule has 24 heavy (non-hydrogen) atoms. The molecule has 0 N–H and O–H groups in total. The molecule has 0 aromatic carbocycles. The van der Waals surface area contributed by atoms with Gasteiger partial charge >= 0.3 is 0 Å². The van der Waals surface area contributed by atoms with E-state index in [1.807, 2.05) is 0 Å². The smallest absolute Gasteiger partial charge is 0.00906 e. The molecule has 4 aliphatic carbocycles. The molecule has 4 rings (SSSR count). The van der Waals surface area contributed by atoms with Crippen molar-refractivity contribution >= 4 is 0 Å². The predicted molar refractivity (Wildman–Crippen MR) is 104 cm³/mol. The van der Waals surface area contributed by atoms with Crippen LogP contribution in [0.3, 0.4) is 0 Å². The van der Waals surface area contributed by atoms with Gasteiger partial charge < -0.3 is 0 Å². The van der Waals surface area contributed by atoms with E-state index in [2.05, 4.69) is 40.9 Å². The fourth-order valence-corrected chi connectivity index (χ4v) is 7.78. The van der Waals surface area contributed by atoms with Gasteiger partial charge in [-0.25, -0.2) is 0 Å². The van der Waals surface area contributed by atoms with Crippen LogP contribution in [0.4, 0.5) is 0 Å². The number of allylic oxidation sites excluding steroid dienone is 2. The van der Waals surface area contributed by atoms with Crippen LogP contribution >= 0.6 is 0 Å². The van der Waals surface area contributed by atoms with Crippen molar-refractivity contribution in [2.45, 2.75) is 85.5 Å². The van der Waals surface area contributed by atoms with Crippen LogP contribution in [0.5, 0.6) is 0 Å². The summed E-state index contributed by atoms with van der Waals surface area (Å²) in [5.74, 6) is 3.71. The summed E-state index contributed by atoms with van der Waals surface area (Å²) in [6, 6.07) is 0. The van der Waals surface area contributed by atoms with Gasteiger partial charge in [-0.05, 0) is 98.2 Å². The number of rotatable bonds is 2. The minimum absolute atomic E-state index is 0.382. The Kier molecular flexibility index (Phi) is 3.70. The van der Waals surface area contributed by atoms with Crippen LogP contribution in [0, 0.1) is 39.9 Å². The van der Waals surface area contributed by atoms with Crippen molar-refractivity contribution in [1.29, 1.82) is 0 Å². The molecule has 6 unspecified atom stereocenters. The summed E-state index contributed by atoms with van der Waals surface area (Å²) in [5, 5.41) is 0. The highest BCUT2D eigenvalue weighted by Crippen LogP contribution is 2.75. The average molecular weight is 327 g/mol. The summed E-state index contributed by atoms with van der Waals surface area (Å²) in [4.78, 5) is 0. The Morgan fingerprint density at radius 2 is 1.88 bits per heavy atom. The third-order valence-electron chi connectivity index (χ3n) is 9.66. The van der Waals surface area contributed by atoms with Crippen LogP contribution in [0.15, 0.2) is 24.3 Å². The van der Waals surface area contributed by atoms with E-state index >= 15 is 0 Å². The van der Waals surface area contributed by atoms with Gasteiger partial charge in [-0.15, -0.1) is 0 Å². The highest BCUT2D eigenvalue weighted by Gasteiger charge is 2.67. The van der Waals surface area contributed by atoms with Crippen molar-refractivity contribution < 1.29 is 0 Å². The fraction of sp³-hybridized carbons (Fsp3) is 0.833. The van der Waals surface area contributed by atoms with Crippen molar-refractivity contribution in [3.63, 3.8) is 0 Å². The van der Waals surface area contributed by atoms with Gasteiger partial charge in [0.2, 0.25) is 0 Å². The first-order chi connectivity index (χ1) is 11.3. The molecule has 0 heterocycles. The minimum Gasteiger partial charge on any atom is -0.0999 e. The fourth-order valence-electron chi connectivity index (χ4n) is 7.78. The highest BCUT2D eigenvalue weighted by molar-refractivity contribution is 5.22. The maximum Gasteiger partial charge on any atom is -0.00906 e. The summed E-state index contributed by atoms with van der Waals surface area (Å²) in [6.07, 6.45) is 12.7. The van der Waals surface area contributed by atoms with E-state index in [4.69, 9.17) is 0 Å². The lowest BCUT2D eigenvalue weighted by Gasteiger charge is -2.64. The molecule has 0 aliphatic heterocycles. The molecule has 0 saturated heterocycles. The maximum absolute atomic E-state index is 4.45. The van der Waals surface area contributed by atoms with E-state index < -0.39 is 0 Å². The summed E-state index contributed by atoms with van der Waals surface area (Å²) < 4.78 is 0. The van der Waals surface area contributed by atoms with Crippen LogP contribution < -0.4 is 0 Å². The van der Waals surface area contributed by atoms with Gasteiger partial charge in [-0.1, -0.05) is 51.5 Å². The molecule has 0 radical (unpaired) electrons. The van der Waals surface area contributed by atoms with Gasteiger partial charge in [-0.2, -0.15) is 0 Å². The van der Waals surface area contributed by atoms with Gasteiger partial charge in [0, 0.05) is 0 Å². The molecular weight excluding hydrogens is 288 g/mol. The van der Waals surface area contributed by atoms with Gasteiger partial charge in [0.1, 0.15) is 0 Å². The molecule has 0 amide bonds. The summed E-state index contributed by atoms with van der Waals surface area (Å²) >= 11 is 0. The van der Waals surface area contributed by atoms with Crippen LogP contribution in [0.1, 0.15) is 85.5 Å². The van der Waals surface area contributed by atoms with E-state index in [-0.39, 0.29) is 0 Å². The third kappa shape index (κ3) is 2.10. The lowest BCUT2D eigenvalue weighted by Crippen LogP contribution is -2.57. The lowest BCUT2D eigenvalue weighted by atomic mass is 9.40. The van der Waals surface area contributed by atoms with Gasteiger partial charge in [0.15, 0.2) is 0 Å². The zero-order valence-corrected chi connectivity index (χ0v) is 16.6. The summed E-state index contributed by atoms with van der Waals surface area (Å²) in [5.41, 5.74) is 4.66. The van der Waals surface area contributed by atoms with Crippen LogP contribution in [0.25, 0.3) is 0 Å². The molecule has 4 fully saturated rings. The van der Waals surface area contributed by atoms with Crippen molar-refractivity contribution in [2.24, 2.45) is 39.9 Å². The van der Waals surface area contributed by atoms with E-state index in [9.17, 15) is 0 Å². The molecule has 0 bridgehead atoms. The zero-order chi connectivity index (χ0) is 17.3. The normalized spacial score (nSPS) is 49.4. The Morgan fingerprint density at radius 3 is 2.46 bits per heavy atom. The molecule has 134 valence electrons. The second-order valence-electron chi connectivity index (χ2n) is 10.6. The van der Waals surface area contributed by atoms with E-state index in [1.54, 1.807) is 5.57 Å². The second kappa shape index (κ2) is 5.24. The summed E-state index contributed by atoms with van der Waals surface area (Å²) in [6.45, 7) is 18.8. The van der Waals surface area contributed by atoms with E-state index in [0.29, 0.717) is 16.2 Å². The van der Waals surface area contributed by atoms with Crippen molar-refractivity contribution in [3.05, 3.63) is 24.3 Å².